The molecule has 0 heterocycles. The fourth-order valence-corrected chi connectivity index (χ4v) is 2.40. The minimum atomic E-state index is -0.175. The predicted molar refractivity (Wildman–Crippen MR) is 102 cm³/mol. The highest BCUT2D eigenvalue weighted by Gasteiger charge is 2.09. The van der Waals surface area contributed by atoms with Gasteiger partial charge in [-0.25, -0.2) is 0 Å². The molecule has 0 aliphatic carbocycles. The predicted octanol–water partition coefficient (Wildman–Crippen LogP) is 3.74. The molecule has 5 nitrogen and oxygen atoms in total. The van der Waals surface area contributed by atoms with Gasteiger partial charge in [0.1, 0.15) is 5.75 Å². The number of carbonyl (C=O) groups excluding carboxylic acids is 1. The Morgan fingerprint density at radius 2 is 1.73 bits per heavy atom. The summed E-state index contributed by atoms with van der Waals surface area (Å²) in [5.74, 6) is 1.86. The molecule has 0 fully saturated rings. The second-order valence-electron chi connectivity index (χ2n) is 6.21. The number of rotatable bonds is 9. The van der Waals surface area contributed by atoms with Crippen molar-refractivity contribution in [3.8, 4) is 17.2 Å². The maximum Gasteiger partial charge on any atom is 0.258 e. The molecule has 0 spiro atoms. The van der Waals surface area contributed by atoms with E-state index in [1.807, 2.05) is 56.3 Å². The molecular formula is C21H27NO4. The van der Waals surface area contributed by atoms with Crippen LogP contribution in [0.2, 0.25) is 0 Å². The first-order valence-corrected chi connectivity index (χ1v) is 8.83. The van der Waals surface area contributed by atoms with E-state index in [-0.39, 0.29) is 18.6 Å². The summed E-state index contributed by atoms with van der Waals surface area (Å²) in [6, 6.07) is 13.4. The number of aryl methyl sites for hydroxylation is 1. The second-order valence-corrected chi connectivity index (χ2v) is 6.21. The Labute approximate surface area is 155 Å². The summed E-state index contributed by atoms with van der Waals surface area (Å²) in [5, 5.41) is 2.84. The van der Waals surface area contributed by atoms with Gasteiger partial charge in [0.05, 0.1) is 13.2 Å². The lowest BCUT2D eigenvalue weighted by Crippen LogP contribution is -2.28. The van der Waals surface area contributed by atoms with Crippen molar-refractivity contribution in [1.82, 2.24) is 5.32 Å². The number of methoxy groups -OCH3 is 1. The maximum absolute atomic E-state index is 12.0. The molecule has 140 valence electrons. The van der Waals surface area contributed by atoms with Crippen LogP contribution in [0.3, 0.4) is 0 Å². The lowest BCUT2D eigenvalue weighted by molar-refractivity contribution is -0.123. The Kier molecular flexibility index (Phi) is 7.33. The second kappa shape index (κ2) is 9.70. The third-order valence-electron chi connectivity index (χ3n) is 3.78. The summed E-state index contributed by atoms with van der Waals surface area (Å²) in [4.78, 5) is 12.0. The van der Waals surface area contributed by atoms with Crippen molar-refractivity contribution in [2.45, 2.75) is 39.8 Å². The molecule has 2 aromatic rings. The van der Waals surface area contributed by atoms with Crippen LogP contribution in [-0.4, -0.2) is 25.7 Å². The van der Waals surface area contributed by atoms with Crippen LogP contribution in [0.15, 0.2) is 42.5 Å². The third-order valence-corrected chi connectivity index (χ3v) is 3.78. The molecule has 0 aliphatic rings. The zero-order valence-electron chi connectivity index (χ0n) is 15.9. The van der Waals surface area contributed by atoms with Crippen LogP contribution in [0, 0.1) is 0 Å². The van der Waals surface area contributed by atoms with E-state index in [4.69, 9.17) is 14.2 Å². The number of hydrogen-bond acceptors (Lipinski definition) is 4. The summed E-state index contributed by atoms with van der Waals surface area (Å²) in [6.07, 6.45) is 1.04. The molecule has 0 saturated carbocycles. The van der Waals surface area contributed by atoms with Gasteiger partial charge in [-0.2, -0.15) is 0 Å². The molecule has 1 N–H and O–H groups in total. The van der Waals surface area contributed by atoms with Gasteiger partial charge in [0.2, 0.25) is 0 Å². The van der Waals surface area contributed by atoms with Crippen molar-refractivity contribution in [2.75, 3.05) is 13.7 Å². The SMILES string of the molecule is CCc1ccc(OCC(=O)NCc2ccc(OC(C)C)c(OC)c2)cc1. The maximum atomic E-state index is 12.0. The first-order chi connectivity index (χ1) is 12.5. The van der Waals surface area contributed by atoms with Gasteiger partial charge in [0.15, 0.2) is 18.1 Å². The Morgan fingerprint density at radius 1 is 1.04 bits per heavy atom. The average Bonchev–Trinajstić information content (AvgIpc) is 2.65. The fourth-order valence-electron chi connectivity index (χ4n) is 2.40. The highest BCUT2D eigenvalue weighted by Crippen LogP contribution is 2.28. The van der Waals surface area contributed by atoms with Crippen molar-refractivity contribution >= 4 is 5.91 Å². The van der Waals surface area contributed by atoms with Gasteiger partial charge in [-0.15, -0.1) is 0 Å². The topological polar surface area (TPSA) is 56.8 Å². The molecule has 2 aromatic carbocycles. The van der Waals surface area contributed by atoms with Crippen LogP contribution < -0.4 is 19.5 Å². The number of benzene rings is 2. The highest BCUT2D eigenvalue weighted by molar-refractivity contribution is 5.77. The molecule has 2 rings (SSSR count). The van der Waals surface area contributed by atoms with Gasteiger partial charge in [-0.1, -0.05) is 25.1 Å². The van der Waals surface area contributed by atoms with E-state index in [0.29, 0.717) is 23.8 Å². The van der Waals surface area contributed by atoms with Crippen molar-refractivity contribution < 1.29 is 19.0 Å². The van der Waals surface area contributed by atoms with Crippen LogP contribution in [0.4, 0.5) is 0 Å². The molecule has 0 atom stereocenters. The minimum Gasteiger partial charge on any atom is -0.493 e. The minimum absolute atomic E-state index is 0.0167. The van der Waals surface area contributed by atoms with E-state index >= 15 is 0 Å². The number of amides is 1. The summed E-state index contributed by atoms with van der Waals surface area (Å²) in [6.45, 7) is 6.40. The largest absolute Gasteiger partial charge is 0.493 e. The smallest absolute Gasteiger partial charge is 0.258 e. The van der Waals surface area contributed by atoms with Gasteiger partial charge in [-0.05, 0) is 55.7 Å². The summed E-state index contributed by atoms with van der Waals surface area (Å²) in [5.41, 5.74) is 2.17. The van der Waals surface area contributed by atoms with Crippen LogP contribution in [0.5, 0.6) is 17.2 Å². The molecular weight excluding hydrogens is 330 g/mol. The number of nitrogens with one attached hydrogen (secondary N) is 1. The van der Waals surface area contributed by atoms with E-state index in [0.717, 1.165) is 12.0 Å². The van der Waals surface area contributed by atoms with E-state index in [2.05, 4.69) is 12.2 Å². The summed E-state index contributed by atoms with van der Waals surface area (Å²) < 4.78 is 16.6. The van der Waals surface area contributed by atoms with Crippen LogP contribution in [0.1, 0.15) is 31.9 Å². The molecule has 0 unspecified atom stereocenters. The Hall–Kier alpha value is -2.69. The zero-order chi connectivity index (χ0) is 18.9. The Bertz CT molecular complexity index is 710. The van der Waals surface area contributed by atoms with Crippen LogP contribution >= 0.6 is 0 Å². The van der Waals surface area contributed by atoms with E-state index in [1.165, 1.54) is 5.56 Å². The lowest BCUT2D eigenvalue weighted by atomic mass is 10.2. The molecule has 0 aliphatic heterocycles. The number of carbonyl (C=O) groups is 1. The summed E-state index contributed by atoms with van der Waals surface area (Å²) in [7, 11) is 1.60. The Balaban J connectivity index is 1.84. The monoisotopic (exact) mass is 357 g/mol. The van der Waals surface area contributed by atoms with Gasteiger partial charge < -0.3 is 19.5 Å². The molecule has 0 radical (unpaired) electrons. The zero-order valence-corrected chi connectivity index (χ0v) is 15.9. The third kappa shape index (κ3) is 5.99. The summed E-state index contributed by atoms with van der Waals surface area (Å²) >= 11 is 0. The molecule has 5 heteroatoms. The van der Waals surface area contributed by atoms with Gasteiger partial charge in [-0.3, -0.25) is 4.79 Å². The van der Waals surface area contributed by atoms with Crippen molar-refractivity contribution in [3.05, 3.63) is 53.6 Å². The van der Waals surface area contributed by atoms with Gasteiger partial charge in [0.25, 0.3) is 5.91 Å². The molecule has 0 aromatic heterocycles. The van der Waals surface area contributed by atoms with Crippen molar-refractivity contribution in [1.29, 1.82) is 0 Å². The van der Waals surface area contributed by atoms with Crippen molar-refractivity contribution in [3.63, 3.8) is 0 Å². The van der Waals surface area contributed by atoms with Gasteiger partial charge >= 0.3 is 0 Å². The highest BCUT2D eigenvalue weighted by atomic mass is 16.5. The van der Waals surface area contributed by atoms with E-state index in [9.17, 15) is 4.79 Å². The molecule has 0 bridgehead atoms. The molecule has 26 heavy (non-hydrogen) atoms. The Morgan fingerprint density at radius 3 is 2.35 bits per heavy atom. The average molecular weight is 357 g/mol. The van der Waals surface area contributed by atoms with Crippen LogP contribution in [-0.2, 0) is 17.8 Å². The van der Waals surface area contributed by atoms with E-state index in [1.54, 1.807) is 7.11 Å². The fraction of sp³-hybridized carbons (Fsp3) is 0.381. The van der Waals surface area contributed by atoms with E-state index < -0.39 is 0 Å². The van der Waals surface area contributed by atoms with Crippen molar-refractivity contribution in [2.24, 2.45) is 0 Å². The number of ether oxygens (including phenoxy) is 3. The quantitative estimate of drug-likeness (QED) is 0.743. The number of hydrogen-bond donors (Lipinski definition) is 1. The standard InChI is InChI=1S/C21H27NO4/c1-5-16-6-9-18(10-7-16)25-14-21(23)22-13-17-8-11-19(26-15(2)3)20(12-17)24-4/h6-12,15H,5,13-14H2,1-4H3,(H,22,23). The first-order valence-electron chi connectivity index (χ1n) is 8.83. The lowest BCUT2D eigenvalue weighted by Gasteiger charge is -2.15. The normalized spacial score (nSPS) is 10.5. The first kappa shape index (κ1) is 19.6. The van der Waals surface area contributed by atoms with Crippen LogP contribution in [0.25, 0.3) is 0 Å². The van der Waals surface area contributed by atoms with Gasteiger partial charge in [0, 0.05) is 6.54 Å². The molecule has 1 amide bonds. The molecule has 0 saturated heterocycles.